The number of amides is 1. The third-order valence-corrected chi connectivity index (χ3v) is 2.98. The van der Waals surface area contributed by atoms with Crippen LogP contribution >= 0.6 is 9.39 Å². The van der Waals surface area contributed by atoms with E-state index in [9.17, 15) is 4.79 Å². The molecule has 2 N–H and O–H groups in total. The van der Waals surface area contributed by atoms with Crippen LogP contribution in [0.15, 0.2) is 0 Å². The van der Waals surface area contributed by atoms with Gasteiger partial charge in [-0.3, -0.25) is 9.25 Å². The van der Waals surface area contributed by atoms with E-state index in [-0.39, 0.29) is 11.4 Å². The smallest absolute Gasteiger partial charge is 0.222 e. The van der Waals surface area contributed by atoms with Gasteiger partial charge in [-0.05, 0) is 23.2 Å². The van der Waals surface area contributed by atoms with Gasteiger partial charge in [-0.1, -0.05) is 0 Å². The van der Waals surface area contributed by atoms with Crippen molar-refractivity contribution in [2.45, 2.75) is 32.9 Å². The quantitative estimate of drug-likeness (QED) is 0.697. The summed E-state index contributed by atoms with van der Waals surface area (Å²) in [6.07, 6.45) is 0. The molecule has 0 fully saturated rings. The minimum absolute atomic E-state index is 0.0920. The fourth-order valence-electron chi connectivity index (χ4n) is 1.96. The van der Waals surface area contributed by atoms with Gasteiger partial charge < -0.3 is 10.6 Å². The molecule has 1 aromatic rings. The van der Waals surface area contributed by atoms with Crippen molar-refractivity contribution in [3.05, 3.63) is 11.3 Å². The largest absolute Gasteiger partial charge is 0.309 e. The normalized spacial score (nSPS) is 17.6. The molecule has 1 atom stereocenters. The summed E-state index contributed by atoms with van der Waals surface area (Å²) in [6.45, 7) is 6.42. The second-order valence-electron chi connectivity index (χ2n) is 4.28. The summed E-state index contributed by atoms with van der Waals surface area (Å²) in [5.41, 5.74) is 2.09. The Hall–Kier alpha value is -0.930. The Morgan fingerprint density at radius 3 is 2.93 bits per heavy atom. The van der Waals surface area contributed by atoms with Crippen molar-refractivity contribution in [3.8, 4) is 0 Å². The Morgan fingerprint density at radius 1 is 1.67 bits per heavy atom. The summed E-state index contributed by atoms with van der Waals surface area (Å²) < 4.78 is 1.75. The molecule has 1 aliphatic rings. The summed E-state index contributed by atoms with van der Waals surface area (Å²) in [5.74, 6) is 0.566. The number of anilines is 1. The summed E-state index contributed by atoms with van der Waals surface area (Å²) in [5, 5.41) is 10.4. The molecule has 0 aliphatic carbocycles. The zero-order chi connectivity index (χ0) is 11.2. The number of hydrogen-bond acceptors (Lipinski definition) is 3. The molecule has 0 saturated heterocycles. The number of carbonyl (C=O) groups excluding carboxylic acids is 1. The monoisotopic (exact) mass is 226 g/mol. The fourth-order valence-corrected chi connectivity index (χ4v) is 2.55. The van der Waals surface area contributed by atoms with Crippen LogP contribution in [0, 0.1) is 0 Å². The predicted molar refractivity (Wildman–Crippen MR) is 61.5 cm³/mol. The number of carbonyl (C=O) groups is 1. The lowest BCUT2D eigenvalue weighted by atomic mass is 10.0. The van der Waals surface area contributed by atoms with Crippen molar-refractivity contribution < 1.29 is 4.79 Å². The van der Waals surface area contributed by atoms with Gasteiger partial charge >= 0.3 is 0 Å². The first-order chi connectivity index (χ1) is 6.92. The maximum absolute atomic E-state index is 11.0. The number of aromatic nitrogens is 2. The zero-order valence-corrected chi connectivity index (χ0v) is 10.2. The van der Waals surface area contributed by atoms with Crippen LogP contribution < -0.4 is 10.6 Å². The molecule has 5 nitrogen and oxygen atoms in total. The van der Waals surface area contributed by atoms with Crippen LogP contribution in [0.2, 0.25) is 0 Å². The first-order valence-electron chi connectivity index (χ1n) is 4.82. The highest BCUT2D eigenvalue weighted by atomic mass is 31.0. The maximum atomic E-state index is 11.0. The molecule has 2 heterocycles. The standard InChI is InChI=1S/C9H15N4OP/c1-5(14)11-8-6-4-10-9(2,3)7(6)13(15)12-8/h10H,4,15H2,1-3H3,(H,11,12,14). The summed E-state index contributed by atoms with van der Waals surface area (Å²) in [6, 6.07) is 0. The van der Waals surface area contributed by atoms with E-state index < -0.39 is 0 Å². The highest BCUT2D eigenvalue weighted by Gasteiger charge is 2.35. The molecule has 1 amide bonds. The van der Waals surface area contributed by atoms with Crippen LogP contribution in [0.4, 0.5) is 5.82 Å². The van der Waals surface area contributed by atoms with Crippen LogP contribution in [-0.2, 0) is 16.9 Å². The molecule has 0 bridgehead atoms. The Labute approximate surface area is 90.9 Å². The van der Waals surface area contributed by atoms with Gasteiger partial charge in [0.1, 0.15) is 0 Å². The van der Waals surface area contributed by atoms with E-state index >= 15 is 0 Å². The van der Waals surface area contributed by atoms with Gasteiger partial charge in [0.25, 0.3) is 0 Å². The molecule has 1 unspecified atom stereocenters. The molecule has 0 spiro atoms. The Morgan fingerprint density at radius 2 is 2.33 bits per heavy atom. The molecule has 1 aromatic heterocycles. The predicted octanol–water partition coefficient (Wildman–Crippen LogP) is 0.818. The molecule has 82 valence electrons. The number of nitrogens with one attached hydrogen (secondary N) is 2. The molecular formula is C9H15N4OP. The van der Waals surface area contributed by atoms with E-state index in [1.807, 2.05) is 0 Å². The number of hydrogen-bond donors (Lipinski definition) is 2. The van der Waals surface area contributed by atoms with Gasteiger partial charge in [-0.25, -0.2) is 0 Å². The van der Waals surface area contributed by atoms with Crippen LogP contribution in [-0.4, -0.2) is 15.5 Å². The van der Waals surface area contributed by atoms with Crippen LogP contribution in [0.1, 0.15) is 32.0 Å². The van der Waals surface area contributed by atoms with E-state index in [0.717, 1.165) is 17.8 Å². The van der Waals surface area contributed by atoms with Crippen LogP contribution in [0.5, 0.6) is 0 Å². The second-order valence-corrected chi connectivity index (χ2v) is 4.77. The highest BCUT2D eigenvalue weighted by Crippen LogP contribution is 2.35. The van der Waals surface area contributed by atoms with E-state index in [0.29, 0.717) is 5.82 Å². The van der Waals surface area contributed by atoms with Crippen molar-refractivity contribution >= 4 is 21.1 Å². The van der Waals surface area contributed by atoms with Gasteiger partial charge in [-0.15, -0.1) is 0 Å². The second kappa shape index (κ2) is 3.29. The van der Waals surface area contributed by atoms with Crippen molar-refractivity contribution in [2.75, 3.05) is 5.32 Å². The van der Waals surface area contributed by atoms with Crippen LogP contribution in [0.3, 0.4) is 0 Å². The fraction of sp³-hybridized carbons (Fsp3) is 0.556. The zero-order valence-electron chi connectivity index (χ0n) is 9.09. The van der Waals surface area contributed by atoms with E-state index in [1.165, 1.54) is 6.92 Å². The average molecular weight is 226 g/mol. The summed E-state index contributed by atoms with van der Waals surface area (Å²) >= 11 is 0. The molecular weight excluding hydrogens is 211 g/mol. The van der Waals surface area contributed by atoms with Crippen molar-refractivity contribution in [2.24, 2.45) is 0 Å². The SMILES string of the molecule is CC(=O)Nc1nn(P)c2c1CNC2(C)C. The molecule has 1 aliphatic heterocycles. The summed E-state index contributed by atoms with van der Waals surface area (Å²) in [7, 11) is 2.54. The minimum Gasteiger partial charge on any atom is -0.309 e. The van der Waals surface area contributed by atoms with Crippen molar-refractivity contribution in [1.29, 1.82) is 0 Å². The van der Waals surface area contributed by atoms with Gasteiger partial charge in [0.05, 0.1) is 11.2 Å². The molecule has 6 heteroatoms. The Kier molecular flexibility index (Phi) is 2.32. The lowest BCUT2D eigenvalue weighted by molar-refractivity contribution is -0.114. The topological polar surface area (TPSA) is 59.0 Å². The lowest BCUT2D eigenvalue weighted by Crippen LogP contribution is -2.30. The lowest BCUT2D eigenvalue weighted by Gasteiger charge is -2.19. The number of nitrogens with zero attached hydrogens (tertiary/aromatic N) is 2. The van der Waals surface area contributed by atoms with E-state index in [2.05, 4.69) is 39.0 Å². The third kappa shape index (κ3) is 1.66. The van der Waals surface area contributed by atoms with Crippen molar-refractivity contribution in [1.82, 2.24) is 14.9 Å². The first kappa shape index (κ1) is 10.6. The van der Waals surface area contributed by atoms with Crippen molar-refractivity contribution in [3.63, 3.8) is 0 Å². The average Bonchev–Trinajstić information content (AvgIpc) is 2.53. The molecule has 0 radical (unpaired) electrons. The molecule has 0 aromatic carbocycles. The summed E-state index contributed by atoms with van der Waals surface area (Å²) in [4.78, 5) is 11.0. The number of rotatable bonds is 1. The van der Waals surface area contributed by atoms with E-state index in [1.54, 1.807) is 4.45 Å². The van der Waals surface area contributed by atoms with E-state index in [4.69, 9.17) is 0 Å². The van der Waals surface area contributed by atoms with Gasteiger partial charge in [0.15, 0.2) is 5.82 Å². The van der Waals surface area contributed by atoms with Gasteiger partial charge in [0, 0.05) is 19.0 Å². The maximum Gasteiger partial charge on any atom is 0.222 e. The Bertz CT molecular complexity index is 424. The highest BCUT2D eigenvalue weighted by molar-refractivity contribution is 7.14. The van der Waals surface area contributed by atoms with Crippen LogP contribution in [0.25, 0.3) is 0 Å². The number of fused-ring (bicyclic) bond motifs is 1. The first-order valence-corrected chi connectivity index (χ1v) is 5.33. The Balaban J connectivity index is 2.46. The molecule has 2 rings (SSSR count). The minimum atomic E-state index is -0.0964. The molecule has 15 heavy (non-hydrogen) atoms. The molecule has 0 saturated carbocycles. The van der Waals surface area contributed by atoms with Gasteiger partial charge in [-0.2, -0.15) is 5.10 Å². The third-order valence-electron chi connectivity index (χ3n) is 2.60. The van der Waals surface area contributed by atoms with Gasteiger partial charge in [0.2, 0.25) is 5.91 Å².